The molecule has 3 N–H and O–H groups in total. The highest BCUT2D eigenvalue weighted by Crippen LogP contribution is 2.35. The number of imidazole rings is 1. The zero-order valence-electron chi connectivity index (χ0n) is 30.4. The number of ether oxygens (including phenoxy) is 2. The van der Waals surface area contributed by atoms with Crippen molar-refractivity contribution < 1.29 is 28.3 Å². The van der Waals surface area contributed by atoms with E-state index in [-0.39, 0.29) is 36.7 Å². The van der Waals surface area contributed by atoms with Crippen LogP contribution in [0.25, 0.3) is 22.6 Å². The van der Waals surface area contributed by atoms with E-state index in [1.165, 1.54) is 7.11 Å². The Balaban J connectivity index is 0.890. The lowest BCUT2D eigenvalue weighted by Gasteiger charge is -2.28. The number of nitrogens with zero attached hydrogens (tertiary/aromatic N) is 5. The summed E-state index contributed by atoms with van der Waals surface area (Å²) in [5, 5.41) is 6.15. The maximum absolute atomic E-state index is 13.9. The lowest BCUT2D eigenvalue weighted by Crippen LogP contribution is -2.45. The van der Waals surface area contributed by atoms with E-state index in [9.17, 15) is 14.4 Å². The lowest BCUT2D eigenvalue weighted by molar-refractivity contribution is -0.134. The number of benzene rings is 3. The second-order valence-corrected chi connectivity index (χ2v) is 13.8. The number of oxazole rings is 1. The predicted molar refractivity (Wildman–Crippen MR) is 202 cm³/mol. The van der Waals surface area contributed by atoms with Gasteiger partial charge in [0.1, 0.15) is 30.4 Å². The number of nitrogens with one attached hydrogen (secondary N) is 3. The smallest absolute Gasteiger partial charge is 0.410 e. The van der Waals surface area contributed by atoms with Crippen LogP contribution in [0.15, 0.2) is 107 Å². The van der Waals surface area contributed by atoms with Gasteiger partial charge in [-0.15, -0.1) is 0 Å². The summed E-state index contributed by atoms with van der Waals surface area (Å²) >= 11 is 0. The van der Waals surface area contributed by atoms with Crippen molar-refractivity contribution in [3.8, 4) is 22.6 Å². The highest BCUT2D eigenvalue weighted by Gasteiger charge is 2.39. The Kier molecular flexibility index (Phi) is 10.3. The van der Waals surface area contributed by atoms with Crippen LogP contribution in [0, 0.1) is 0 Å². The van der Waals surface area contributed by atoms with Crippen molar-refractivity contribution in [1.29, 1.82) is 0 Å². The molecular formula is C41H42N8O6. The molecule has 14 nitrogen and oxygen atoms in total. The molecule has 0 bridgehead atoms. The average molecular weight is 743 g/mol. The van der Waals surface area contributed by atoms with Crippen molar-refractivity contribution in [2.75, 3.05) is 26.7 Å². The Morgan fingerprint density at radius 1 is 0.873 bits per heavy atom. The predicted octanol–water partition coefficient (Wildman–Crippen LogP) is 6.34. The number of likely N-dealkylation sites (tertiary alicyclic amines) is 2. The van der Waals surface area contributed by atoms with Gasteiger partial charge in [-0.1, -0.05) is 84.9 Å². The molecule has 0 aliphatic carbocycles. The number of aromatic nitrogens is 3. The van der Waals surface area contributed by atoms with Crippen LogP contribution < -0.4 is 10.6 Å². The summed E-state index contributed by atoms with van der Waals surface area (Å²) in [5.74, 6) is 2.37. The van der Waals surface area contributed by atoms with E-state index < -0.39 is 12.1 Å². The van der Waals surface area contributed by atoms with E-state index in [1.54, 1.807) is 22.2 Å². The highest BCUT2D eigenvalue weighted by molar-refractivity contribution is 5.92. The van der Waals surface area contributed by atoms with Gasteiger partial charge in [0, 0.05) is 18.7 Å². The molecule has 3 aliphatic heterocycles. The average Bonchev–Trinajstić information content (AvgIpc) is 4.08. The van der Waals surface area contributed by atoms with E-state index in [0.717, 1.165) is 53.9 Å². The maximum Gasteiger partial charge on any atom is 0.410 e. The Hall–Kier alpha value is -6.44. The lowest BCUT2D eigenvalue weighted by atomic mass is 10.1. The van der Waals surface area contributed by atoms with E-state index in [1.807, 2.05) is 84.9 Å². The standard InChI is InChI=1S/C41H42N8O6/c1-53-40(51)47-35(29-12-6-3-7-13-29)39(50)48-20-8-14-32(48)36-42-22-30(45-36)27-16-18-28(19-17-27)34-24-44-38(55-34)31-23-43-37(46-31)33-15-9-21-49(33)41(52)54-25-26-10-4-2-5-11-26/h2-7,10-13,16-19,22,24,31-33,35H,8-9,14-15,20-21,23,25H2,1H3,(H,42,45)(H,43,46)(H,47,51)/t31?,32-,33-,35+/m0/s1. The normalized spacial score (nSPS) is 19.8. The quantitative estimate of drug-likeness (QED) is 0.148. The van der Waals surface area contributed by atoms with Crippen LogP contribution in [0.2, 0.25) is 0 Å². The topological polar surface area (TPSA) is 167 Å². The van der Waals surface area contributed by atoms with Gasteiger partial charge in [-0.25, -0.2) is 19.6 Å². The number of carbonyl (C=O) groups excluding carboxylic acids is 3. The third-order valence-corrected chi connectivity index (χ3v) is 10.4. The van der Waals surface area contributed by atoms with Crippen LogP contribution in [0.4, 0.5) is 9.59 Å². The number of carbonyl (C=O) groups is 3. The van der Waals surface area contributed by atoms with E-state index in [4.69, 9.17) is 18.9 Å². The number of methoxy groups -OCH3 is 1. The number of amides is 3. The fourth-order valence-electron chi connectivity index (χ4n) is 7.51. The first kappa shape index (κ1) is 35.6. The Bertz CT molecular complexity index is 2150. The van der Waals surface area contributed by atoms with Gasteiger partial charge in [-0.3, -0.25) is 14.7 Å². The van der Waals surface area contributed by atoms with Crippen molar-refractivity contribution in [3.05, 3.63) is 120 Å². The molecule has 4 atom stereocenters. The van der Waals surface area contributed by atoms with Gasteiger partial charge in [0.2, 0.25) is 5.89 Å². The number of rotatable bonds is 10. The minimum absolute atomic E-state index is 0.176. The van der Waals surface area contributed by atoms with Crippen LogP contribution in [0.5, 0.6) is 0 Å². The number of aliphatic imine (C=N–C) groups is 1. The van der Waals surface area contributed by atoms with Crippen molar-refractivity contribution in [2.45, 2.75) is 56.5 Å². The zero-order chi connectivity index (χ0) is 37.7. The summed E-state index contributed by atoms with van der Waals surface area (Å²) in [7, 11) is 1.28. The number of amidine groups is 1. The second kappa shape index (κ2) is 15.9. The molecule has 2 fully saturated rings. The van der Waals surface area contributed by atoms with Crippen molar-refractivity contribution in [3.63, 3.8) is 0 Å². The molecule has 8 rings (SSSR count). The SMILES string of the molecule is COC(=O)N[C@@H](C(=O)N1CCC[C@H]1c1ncc(-c2ccc(-c3cnc(C4CN=C([C@@H]5CCCN5C(=O)OCc5ccccc5)N4)o3)cc2)[nH]1)c1ccccc1. The number of aromatic amines is 1. The highest BCUT2D eigenvalue weighted by atomic mass is 16.6. The zero-order valence-corrected chi connectivity index (χ0v) is 30.4. The summed E-state index contributed by atoms with van der Waals surface area (Å²) in [4.78, 5) is 60.0. The van der Waals surface area contributed by atoms with E-state index in [0.29, 0.717) is 42.7 Å². The van der Waals surface area contributed by atoms with Gasteiger partial charge in [0.05, 0.1) is 43.8 Å². The Morgan fingerprint density at radius 2 is 1.58 bits per heavy atom. The maximum atomic E-state index is 13.9. The van der Waals surface area contributed by atoms with Gasteiger partial charge < -0.3 is 34.4 Å². The summed E-state index contributed by atoms with van der Waals surface area (Å²) in [6, 6.07) is 25.1. The minimum atomic E-state index is -0.884. The minimum Gasteiger partial charge on any atom is -0.453 e. The van der Waals surface area contributed by atoms with Gasteiger partial charge in [0.25, 0.3) is 5.91 Å². The molecule has 3 aromatic carbocycles. The molecule has 3 aliphatic rings. The molecule has 0 radical (unpaired) electrons. The molecule has 14 heteroatoms. The third kappa shape index (κ3) is 7.66. The molecule has 0 spiro atoms. The first-order valence-electron chi connectivity index (χ1n) is 18.5. The molecule has 2 aromatic heterocycles. The fraction of sp³-hybridized carbons (Fsp3) is 0.317. The molecule has 282 valence electrons. The number of H-pyrrole nitrogens is 1. The first-order valence-corrected chi connectivity index (χ1v) is 18.5. The van der Waals surface area contributed by atoms with Crippen molar-refractivity contribution in [2.24, 2.45) is 4.99 Å². The van der Waals surface area contributed by atoms with Crippen molar-refractivity contribution in [1.82, 2.24) is 35.4 Å². The first-order chi connectivity index (χ1) is 26.9. The Morgan fingerprint density at radius 3 is 2.35 bits per heavy atom. The third-order valence-electron chi connectivity index (χ3n) is 10.4. The van der Waals surface area contributed by atoms with Crippen molar-refractivity contribution >= 4 is 23.9 Å². The number of hydrogen-bond donors (Lipinski definition) is 3. The van der Waals surface area contributed by atoms with Gasteiger partial charge in [-0.2, -0.15) is 0 Å². The Labute approximate surface area is 318 Å². The van der Waals surface area contributed by atoms with E-state index in [2.05, 4.69) is 25.6 Å². The number of hydrogen-bond acceptors (Lipinski definition) is 10. The van der Waals surface area contributed by atoms with Crippen LogP contribution >= 0.6 is 0 Å². The van der Waals surface area contributed by atoms with Crippen LogP contribution in [0.3, 0.4) is 0 Å². The molecular weight excluding hydrogens is 701 g/mol. The van der Waals surface area contributed by atoms with E-state index >= 15 is 0 Å². The molecule has 1 unspecified atom stereocenters. The van der Waals surface area contributed by atoms with Gasteiger partial charge in [0.15, 0.2) is 5.76 Å². The second-order valence-electron chi connectivity index (χ2n) is 13.8. The van der Waals surface area contributed by atoms with Gasteiger partial charge in [-0.05, 0) is 42.4 Å². The fourth-order valence-corrected chi connectivity index (χ4v) is 7.51. The summed E-state index contributed by atoms with van der Waals surface area (Å²) < 4.78 is 16.6. The molecule has 2 saturated heterocycles. The summed E-state index contributed by atoms with van der Waals surface area (Å²) in [5.41, 5.74) is 4.22. The van der Waals surface area contributed by atoms with Gasteiger partial charge >= 0.3 is 12.2 Å². The monoisotopic (exact) mass is 742 g/mol. The molecule has 5 heterocycles. The molecule has 3 amide bonds. The summed E-state index contributed by atoms with van der Waals surface area (Å²) in [6.07, 6.45) is 5.71. The largest absolute Gasteiger partial charge is 0.453 e. The summed E-state index contributed by atoms with van der Waals surface area (Å²) in [6.45, 7) is 1.85. The van der Waals surface area contributed by atoms with Crippen LogP contribution in [0.1, 0.15) is 66.7 Å². The van der Waals surface area contributed by atoms with Crippen LogP contribution in [-0.2, 0) is 20.9 Å². The molecule has 55 heavy (non-hydrogen) atoms. The molecule has 0 saturated carbocycles. The number of alkyl carbamates (subject to hydrolysis) is 1. The molecule has 5 aromatic rings. The van der Waals surface area contributed by atoms with Crippen LogP contribution in [-0.4, -0.2) is 81.5 Å².